The Morgan fingerprint density at radius 1 is 0.931 bits per heavy atom. The number of carbonyl (C=O) groups is 2. The Morgan fingerprint density at radius 2 is 1.69 bits per heavy atom. The molecule has 3 aromatic rings. The first-order valence-electron chi connectivity index (χ1n) is 9.47. The number of hydrogen-bond acceptors (Lipinski definition) is 3. The van der Waals surface area contributed by atoms with Gasteiger partial charge in [0.15, 0.2) is 0 Å². The van der Waals surface area contributed by atoms with Crippen molar-refractivity contribution in [1.29, 1.82) is 5.26 Å². The molecule has 0 aliphatic carbocycles. The molecule has 0 saturated heterocycles. The number of benzene rings is 3. The minimum atomic E-state index is -0.258. The summed E-state index contributed by atoms with van der Waals surface area (Å²) in [5.74, 6) is -0.298. The molecule has 0 fully saturated rings. The van der Waals surface area contributed by atoms with Gasteiger partial charge in [0.25, 0.3) is 11.8 Å². The van der Waals surface area contributed by atoms with E-state index in [1.807, 2.05) is 54.6 Å². The number of nitriles is 1. The van der Waals surface area contributed by atoms with Crippen LogP contribution in [0.2, 0.25) is 0 Å². The fourth-order valence-electron chi connectivity index (χ4n) is 3.50. The molecular formula is C24H19N3O2. The number of aryl methyl sites for hydroxylation is 1. The molecule has 5 nitrogen and oxygen atoms in total. The van der Waals surface area contributed by atoms with Crippen LogP contribution in [-0.4, -0.2) is 18.4 Å². The number of anilines is 2. The summed E-state index contributed by atoms with van der Waals surface area (Å²) in [6, 6.07) is 23.4. The van der Waals surface area contributed by atoms with Crippen molar-refractivity contribution in [1.82, 2.24) is 0 Å². The van der Waals surface area contributed by atoms with Crippen LogP contribution in [0.25, 0.3) is 0 Å². The SMILES string of the molecule is N#Cc1ccc(C(=O)Nc2ccc3c(c2)N(C(=O)c2ccccc2)CCC3)cc1. The average Bonchev–Trinajstić information content (AvgIpc) is 2.78. The predicted octanol–water partition coefficient (Wildman–Crippen LogP) is 4.40. The normalized spacial score (nSPS) is 12.6. The maximum absolute atomic E-state index is 13.0. The molecule has 0 unspecified atom stereocenters. The molecule has 1 heterocycles. The summed E-state index contributed by atoms with van der Waals surface area (Å²) in [6.07, 6.45) is 1.81. The van der Waals surface area contributed by atoms with E-state index in [4.69, 9.17) is 5.26 Å². The van der Waals surface area contributed by atoms with E-state index in [-0.39, 0.29) is 11.8 Å². The van der Waals surface area contributed by atoms with Crippen molar-refractivity contribution in [2.75, 3.05) is 16.8 Å². The zero-order valence-corrected chi connectivity index (χ0v) is 15.8. The minimum Gasteiger partial charge on any atom is -0.322 e. The summed E-state index contributed by atoms with van der Waals surface area (Å²) < 4.78 is 0. The number of nitrogens with zero attached hydrogens (tertiary/aromatic N) is 2. The van der Waals surface area contributed by atoms with E-state index in [0.717, 1.165) is 24.1 Å². The Balaban J connectivity index is 1.59. The van der Waals surface area contributed by atoms with Gasteiger partial charge in [0.1, 0.15) is 0 Å². The third kappa shape index (κ3) is 3.87. The van der Waals surface area contributed by atoms with Gasteiger partial charge in [0.2, 0.25) is 0 Å². The van der Waals surface area contributed by atoms with E-state index in [1.54, 1.807) is 29.2 Å². The molecule has 0 spiro atoms. The van der Waals surface area contributed by atoms with Crippen LogP contribution in [0.1, 0.15) is 38.3 Å². The van der Waals surface area contributed by atoms with Crippen molar-refractivity contribution in [2.24, 2.45) is 0 Å². The van der Waals surface area contributed by atoms with Crippen LogP contribution in [0.5, 0.6) is 0 Å². The molecule has 1 aliphatic rings. The molecule has 0 radical (unpaired) electrons. The minimum absolute atomic E-state index is 0.0397. The molecule has 4 rings (SSSR count). The molecule has 0 atom stereocenters. The van der Waals surface area contributed by atoms with Gasteiger partial charge in [-0.15, -0.1) is 0 Å². The number of amides is 2. The van der Waals surface area contributed by atoms with E-state index in [1.165, 1.54) is 0 Å². The lowest BCUT2D eigenvalue weighted by Gasteiger charge is -2.30. The Morgan fingerprint density at radius 3 is 2.41 bits per heavy atom. The second-order valence-electron chi connectivity index (χ2n) is 6.91. The first-order chi connectivity index (χ1) is 14.2. The molecule has 0 bridgehead atoms. The van der Waals surface area contributed by atoms with Crippen LogP contribution in [0.3, 0.4) is 0 Å². The second-order valence-corrected chi connectivity index (χ2v) is 6.91. The second kappa shape index (κ2) is 7.99. The van der Waals surface area contributed by atoms with Gasteiger partial charge in [-0.1, -0.05) is 24.3 Å². The van der Waals surface area contributed by atoms with Crippen LogP contribution >= 0.6 is 0 Å². The molecule has 0 saturated carbocycles. The van der Waals surface area contributed by atoms with Crippen LogP contribution in [0, 0.1) is 11.3 Å². The summed E-state index contributed by atoms with van der Waals surface area (Å²) in [5, 5.41) is 11.8. The maximum atomic E-state index is 13.0. The largest absolute Gasteiger partial charge is 0.322 e. The van der Waals surface area contributed by atoms with Gasteiger partial charge in [0.05, 0.1) is 11.6 Å². The Kier molecular flexibility index (Phi) is 5.08. The monoisotopic (exact) mass is 381 g/mol. The van der Waals surface area contributed by atoms with Gasteiger partial charge in [-0.3, -0.25) is 9.59 Å². The number of rotatable bonds is 3. The number of fused-ring (bicyclic) bond motifs is 1. The van der Waals surface area contributed by atoms with Gasteiger partial charge in [-0.25, -0.2) is 0 Å². The van der Waals surface area contributed by atoms with Crippen LogP contribution < -0.4 is 10.2 Å². The third-order valence-corrected chi connectivity index (χ3v) is 5.00. The molecule has 1 N–H and O–H groups in total. The van der Waals surface area contributed by atoms with Crippen LogP contribution in [-0.2, 0) is 6.42 Å². The first-order valence-corrected chi connectivity index (χ1v) is 9.47. The van der Waals surface area contributed by atoms with Crippen molar-refractivity contribution < 1.29 is 9.59 Å². The Bertz CT molecular complexity index is 1100. The molecule has 3 aromatic carbocycles. The molecule has 29 heavy (non-hydrogen) atoms. The summed E-state index contributed by atoms with van der Waals surface area (Å²) >= 11 is 0. The quantitative estimate of drug-likeness (QED) is 0.731. The van der Waals surface area contributed by atoms with Gasteiger partial charge in [-0.05, 0) is 66.9 Å². The molecule has 1 aliphatic heterocycles. The third-order valence-electron chi connectivity index (χ3n) is 5.00. The predicted molar refractivity (Wildman–Crippen MR) is 112 cm³/mol. The van der Waals surface area contributed by atoms with Crippen molar-refractivity contribution in [2.45, 2.75) is 12.8 Å². The van der Waals surface area contributed by atoms with E-state index >= 15 is 0 Å². The zero-order valence-electron chi connectivity index (χ0n) is 15.8. The Hall–Kier alpha value is -3.91. The van der Waals surface area contributed by atoms with Crippen molar-refractivity contribution in [3.05, 3.63) is 95.1 Å². The molecule has 142 valence electrons. The van der Waals surface area contributed by atoms with E-state index in [0.29, 0.717) is 28.9 Å². The molecule has 0 aromatic heterocycles. The lowest BCUT2D eigenvalue weighted by atomic mass is 10.00. The van der Waals surface area contributed by atoms with E-state index in [2.05, 4.69) is 5.32 Å². The first kappa shape index (κ1) is 18.5. The number of nitrogens with one attached hydrogen (secondary N) is 1. The van der Waals surface area contributed by atoms with Crippen LogP contribution in [0.15, 0.2) is 72.8 Å². The highest BCUT2D eigenvalue weighted by Gasteiger charge is 2.24. The number of carbonyl (C=O) groups excluding carboxylic acids is 2. The highest BCUT2D eigenvalue weighted by Crippen LogP contribution is 2.31. The molecule has 2 amide bonds. The number of hydrogen-bond donors (Lipinski definition) is 1. The smallest absolute Gasteiger partial charge is 0.258 e. The zero-order chi connectivity index (χ0) is 20.2. The lowest BCUT2D eigenvalue weighted by molar-refractivity contribution is 0.0984. The average molecular weight is 381 g/mol. The van der Waals surface area contributed by atoms with E-state index in [9.17, 15) is 9.59 Å². The molecular weight excluding hydrogens is 362 g/mol. The topological polar surface area (TPSA) is 73.2 Å². The summed E-state index contributed by atoms with van der Waals surface area (Å²) in [5.41, 5.74) is 4.18. The summed E-state index contributed by atoms with van der Waals surface area (Å²) in [4.78, 5) is 27.3. The maximum Gasteiger partial charge on any atom is 0.258 e. The van der Waals surface area contributed by atoms with Gasteiger partial charge < -0.3 is 10.2 Å². The van der Waals surface area contributed by atoms with E-state index < -0.39 is 0 Å². The summed E-state index contributed by atoms with van der Waals surface area (Å²) in [7, 11) is 0. The van der Waals surface area contributed by atoms with Crippen molar-refractivity contribution >= 4 is 23.2 Å². The highest BCUT2D eigenvalue weighted by atomic mass is 16.2. The lowest BCUT2D eigenvalue weighted by Crippen LogP contribution is -2.35. The van der Waals surface area contributed by atoms with Gasteiger partial charge in [0, 0.05) is 29.0 Å². The summed E-state index contributed by atoms with van der Waals surface area (Å²) in [6.45, 7) is 0.647. The Labute approximate surface area is 169 Å². The van der Waals surface area contributed by atoms with Gasteiger partial charge >= 0.3 is 0 Å². The van der Waals surface area contributed by atoms with Crippen LogP contribution in [0.4, 0.5) is 11.4 Å². The van der Waals surface area contributed by atoms with Crippen molar-refractivity contribution in [3.63, 3.8) is 0 Å². The molecule has 5 heteroatoms. The fraction of sp³-hybridized carbons (Fsp3) is 0.125. The van der Waals surface area contributed by atoms with Gasteiger partial charge in [-0.2, -0.15) is 5.26 Å². The standard InChI is InChI=1S/C24H19N3O2/c25-16-17-8-10-19(11-9-17)23(28)26-21-13-12-18-7-4-14-27(22(18)15-21)24(29)20-5-2-1-3-6-20/h1-3,5-6,8-13,15H,4,7,14H2,(H,26,28). The fourth-order valence-corrected chi connectivity index (χ4v) is 3.50. The highest BCUT2D eigenvalue weighted by molar-refractivity contribution is 6.08. The van der Waals surface area contributed by atoms with Crippen molar-refractivity contribution in [3.8, 4) is 6.07 Å².